The summed E-state index contributed by atoms with van der Waals surface area (Å²) in [6.45, 7) is 4.50. The lowest BCUT2D eigenvalue weighted by Gasteiger charge is -2.13. The molecule has 1 unspecified atom stereocenters. The lowest BCUT2D eigenvalue weighted by molar-refractivity contribution is -0.164. The van der Waals surface area contributed by atoms with E-state index in [2.05, 4.69) is 62.5 Å². The van der Waals surface area contributed by atoms with Gasteiger partial charge in [0.1, 0.15) is 0 Å². The molecule has 0 amide bonds. The number of aliphatic carboxylic acids is 1. The molecule has 1 atom stereocenters. The lowest BCUT2D eigenvalue weighted by Crippen LogP contribution is -2.27. The standard InChI is InChI=1S/C41H72O4/c1-3-5-7-9-11-13-15-17-18-19-20-21-22-23-24-26-28-30-32-34-36-38-40(42)45-39(41(43)44)37-35-33-31-29-27-25-16-14-12-10-8-6-4-2/h11,13,17-18,20-21,23-24,39H,3-10,12,14-16,19,22,25-38H2,1-2H3,(H,43,44)/b13-11-,18-17-,21-20-,24-23-. The van der Waals surface area contributed by atoms with Gasteiger partial charge in [-0.2, -0.15) is 0 Å². The van der Waals surface area contributed by atoms with Gasteiger partial charge in [0.2, 0.25) is 0 Å². The average molecular weight is 629 g/mol. The van der Waals surface area contributed by atoms with Crippen LogP contribution in [0.15, 0.2) is 48.6 Å². The van der Waals surface area contributed by atoms with Crippen LogP contribution < -0.4 is 0 Å². The summed E-state index contributed by atoms with van der Waals surface area (Å²) in [5, 5.41) is 9.47. The number of hydrogen-bond acceptors (Lipinski definition) is 3. The number of allylic oxidation sites excluding steroid dienone is 8. The molecule has 0 radical (unpaired) electrons. The molecular formula is C41H72O4. The summed E-state index contributed by atoms with van der Waals surface area (Å²) in [4.78, 5) is 23.7. The topological polar surface area (TPSA) is 63.6 Å². The Balaban J connectivity index is 3.63. The third-order valence-electron chi connectivity index (χ3n) is 8.33. The highest BCUT2D eigenvalue weighted by molar-refractivity contribution is 5.77. The Labute approximate surface area is 279 Å². The lowest BCUT2D eigenvalue weighted by atomic mass is 10.0. The van der Waals surface area contributed by atoms with E-state index in [0.717, 1.165) is 70.6 Å². The van der Waals surface area contributed by atoms with Crippen molar-refractivity contribution in [2.45, 2.75) is 200 Å². The van der Waals surface area contributed by atoms with Crippen molar-refractivity contribution >= 4 is 11.9 Å². The van der Waals surface area contributed by atoms with E-state index in [0.29, 0.717) is 12.8 Å². The summed E-state index contributed by atoms with van der Waals surface area (Å²) in [6, 6.07) is 0. The van der Waals surface area contributed by atoms with E-state index >= 15 is 0 Å². The van der Waals surface area contributed by atoms with E-state index in [-0.39, 0.29) is 5.97 Å². The Morgan fingerprint density at radius 3 is 1.31 bits per heavy atom. The largest absolute Gasteiger partial charge is 0.479 e. The summed E-state index contributed by atoms with van der Waals surface area (Å²) < 4.78 is 5.30. The van der Waals surface area contributed by atoms with Crippen molar-refractivity contribution in [3.8, 4) is 0 Å². The van der Waals surface area contributed by atoms with Crippen LogP contribution in [0.4, 0.5) is 0 Å². The first kappa shape index (κ1) is 42.9. The Bertz CT molecular complexity index is 763. The van der Waals surface area contributed by atoms with Gasteiger partial charge in [0.25, 0.3) is 0 Å². The molecule has 1 N–H and O–H groups in total. The predicted octanol–water partition coefficient (Wildman–Crippen LogP) is 13.2. The fourth-order valence-corrected chi connectivity index (χ4v) is 5.42. The first-order valence-corrected chi connectivity index (χ1v) is 19.1. The van der Waals surface area contributed by atoms with Crippen LogP contribution >= 0.6 is 0 Å². The number of rotatable bonds is 34. The highest BCUT2D eigenvalue weighted by Crippen LogP contribution is 2.15. The van der Waals surface area contributed by atoms with E-state index in [9.17, 15) is 14.7 Å². The van der Waals surface area contributed by atoms with Gasteiger partial charge >= 0.3 is 11.9 Å². The molecule has 0 aliphatic carbocycles. The van der Waals surface area contributed by atoms with Crippen molar-refractivity contribution in [1.29, 1.82) is 0 Å². The van der Waals surface area contributed by atoms with Crippen molar-refractivity contribution in [3.63, 3.8) is 0 Å². The number of unbranched alkanes of at least 4 members (excludes halogenated alkanes) is 20. The molecule has 4 heteroatoms. The minimum Gasteiger partial charge on any atom is -0.479 e. The SMILES string of the molecule is CCCCC/C=C\C/C=C\C/C=C\C/C=C\CCCCCCCC(=O)OC(CCCCCCCCCCCCCCC)C(=O)O. The van der Waals surface area contributed by atoms with Gasteiger partial charge in [0, 0.05) is 6.42 Å². The number of hydrogen-bond donors (Lipinski definition) is 1. The van der Waals surface area contributed by atoms with Crippen molar-refractivity contribution < 1.29 is 19.4 Å². The van der Waals surface area contributed by atoms with E-state index in [1.54, 1.807) is 0 Å². The van der Waals surface area contributed by atoms with Crippen molar-refractivity contribution in [1.82, 2.24) is 0 Å². The van der Waals surface area contributed by atoms with Gasteiger partial charge in [-0.3, -0.25) is 4.79 Å². The zero-order chi connectivity index (χ0) is 32.9. The maximum Gasteiger partial charge on any atom is 0.345 e. The van der Waals surface area contributed by atoms with Crippen molar-refractivity contribution in [2.24, 2.45) is 0 Å². The number of carbonyl (C=O) groups excluding carboxylic acids is 1. The van der Waals surface area contributed by atoms with E-state index in [1.807, 2.05) is 0 Å². The maximum atomic E-state index is 12.2. The molecule has 0 rings (SSSR count). The fourth-order valence-electron chi connectivity index (χ4n) is 5.42. The monoisotopic (exact) mass is 629 g/mol. The van der Waals surface area contributed by atoms with Crippen LogP contribution in [-0.2, 0) is 14.3 Å². The second kappa shape index (κ2) is 36.4. The number of esters is 1. The van der Waals surface area contributed by atoms with Gasteiger partial charge < -0.3 is 9.84 Å². The molecular weight excluding hydrogens is 556 g/mol. The quantitative estimate of drug-likeness (QED) is 0.0437. The van der Waals surface area contributed by atoms with E-state index in [4.69, 9.17) is 4.74 Å². The smallest absolute Gasteiger partial charge is 0.345 e. The molecule has 0 fully saturated rings. The van der Waals surface area contributed by atoms with Gasteiger partial charge in [0.15, 0.2) is 6.10 Å². The molecule has 0 bridgehead atoms. The molecule has 0 aromatic carbocycles. The molecule has 4 nitrogen and oxygen atoms in total. The third kappa shape index (κ3) is 34.6. The van der Waals surface area contributed by atoms with E-state index in [1.165, 1.54) is 96.3 Å². The zero-order valence-corrected chi connectivity index (χ0v) is 29.7. The molecule has 0 heterocycles. The van der Waals surface area contributed by atoms with E-state index < -0.39 is 12.1 Å². The minimum atomic E-state index is -1.01. The summed E-state index contributed by atoms with van der Waals surface area (Å²) in [5.41, 5.74) is 0. The summed E-state index contributed by atoms with van der Waals surface area (Å²) in [6.07, 6.45) is 48.5. The van der Waals surface area contributed by atoms with Crippen LogP contribution in [0.25, 0.3) is 0 Å². The van der Waals surface area contributed by atoms with Crippen LogP contribution in [0.1, 0.15) is 194 Å². The van der Waals surface area contributed by atoms with Gasteiger partial charge in [-0.15, -0.1) is 0 Å². The number of carboxylic acid groups (broad SMARTS) is 1. The van der Waals surface area contributed by atoms with Crippen LogP contribution in [0, 0.1) is 0 Å². The summed E-state index contributed by atoms with van der Waals surface area (Å²) in [5.74, 6) is -1.38. The van der Waals surface area contributed by atoms with Gasteiger partial charge in [0.05, 0.1) is 0 Å². The zero-order valence-electron chi connectivity index (χ0n) is 29.7. The van der Waals surface area contributed by atoms with Crippen LogP contribution in [0.5, 0.6) is 0 Å². The molecule has 0 aromatic heterocycles. The molecule has 0 aliphatic heterocycles. The Hall–Kier alpha value is -2.10. The Morgan fingerprint density at radius 1 is 0.489 bits per heavy atom. The maximum absolute atomic E-state index is 12.2. The van der Waals surface area contributed by atoms with Gasteiger partial charge in [-0.25, -0.2) is 4.79 Å². The normalized spacial score (nSPS) is 12.8. The fraction of sp³-hybridized carbons (Fsp3) is 0.756. The van der Waals surface area contributed by atoms with Crippen LogP contribution in [0.2, 0.25) is 0 Å². The number of carbonyl (C=O) groups is 2. The molecule has 0 spiro atoms. The summed E-state index contributed by atoms with van der Waals surface area (Å²) >= 11 is 0. The first-order chi connectivity index (χ1) is 22.1. The predicted molar refractivity (Wildman–Crippen MR) is 195 cm³/mol. The highest BCUT2D eigenvalue weighted by Gasteiger charge is 2.21. The summed E-state index contributed by atoms with van der Waals surface area (Å²) in [7, 11) is 0. The molecule has 0 aliphatic rings. The highest BCUT2D eigenvalue weighted by atomic mass is 16.6. The second-order valence-electron chi connectivity index (χ2n) is 12.7. The minimum absolute atomic E-state index is 0.319. The van der Waals surface area contributed by atoms with Crippen molar-refractivity contribution in [2.75, 3.05) is 0 Å². The Kier molecular flexibility index (Phi) is 34.7. The van der Waals surface area contributed by atoms with Gasteiger partial charge in [-0.05, 0) is 64.2 Å². The van der Waals surface area contributed by atoms with Crippen LogP contribution in [0.3, 0.4) is 0 Å². The molecule has 260 valence electrons. The third-order valence-corrected chi connectivity index (χ3v) is 8.33. The molecule has 45 heavy (non-hydrogen) atoms. The molecule has 0 saturated heterocycles. The Morgan fingerprint density at radius 2 is 0.844 bits per heavy atom. The second-order valence-corrected chi connectivity index (χ2v) is 12.7. The van der Waals surface area contributed by atoms with Gasteiger partial charge in [-0.1, -0.05) is 172 Å². The average Bonchev–Trinajstić information content (AvgIpc) is 3.03. The van der Waals surface area contributed by atoms with Crippen LogP contribution in [-0.4, -0.2) is 23.1 Å². The number of ether oxygens (including phenoxy) is 1. The number of carboxylic acids is 1. The molecule has 0 saturated carbocycles. The molecule has 0 aromatic rings. The first-order valence-electron chi connectivity index (χ1n) is 19.1. The van der Waals surface area contributed by atoms with Crippen molar-refractivity contribution in [3.05, 3.63) is 48.6 Å².